The zero-order chi connectivity index (χ0) is 29.2. The first kappa shape index (κ1) is 29.4. The summed E-state index contributed by atoms with van der Waals surface area (Å²) in [6.45, 7) is 7.45. The molecule has 0 heterocycles. The fourth-order valence-electron chi connectivity index (χ4n) is 4.93. The molecule has 1 saturated carbocycles. The molecule has 2 aromatic carbocycles. The SMILES string of the molecule is C[C@@H](O)[C@H]1C(=O)C2C(C(=O)OCOC(=O)C(C)(C)C)=C(OP(=O)(Oc3ccccc3)Oc3ccccc3)[C@H](C)[C@@H]21. The Balaban J connectivity index is 1.68. The quantitative estimate of drug-likeness (QED) is 0.233. The molecule has 0 aromatic heterocycles. The van der Waals surface area contributed by atoms with Crippen molar-refractivity contribution in [3.05, 3.63) is 72.0 Å². The second-order valence-corrected chi connectivity index (χ2v) is 12.3. The first-order valence-corrected chi connectivity index (χ1v) is 14.4. The van der Waals surface area contributed by atoms with E-state index < -0.39 is 61.7 Å². The molecule has 2 aromatic rings. The van der Waals surface area contributed by atoms with Gasteiger partial charge in [-0.05, 0) is 57.9 Å². The van der Waals surface area contributed by atoms with Crippen LogP contribution in [0.5, 0.6) is 11.5 Å². The standard InChI is InChI=1S/C29H33O10P/c1-17-21-22(18(2)30)25(31)23(21)24(27(32)35-16-36-28(33)29(3,4)5)26(17)39-40(34,37-19-12-8-6-9-13-19)38-20-14-10-7-11-15-20/h6-15,17-18,21-23,30H,16H2,1-5H3/t17-,18-,21-,22-,23?/m1/s1. The number of hydrogen-bond donors (Lipinski definition) is 1. The zero-order valence-electron chi connectivity index (χ0n) is 22.9. The minimum atomic E-state index is -4.50. The molecule has 40 heavy (non-hydrogen) atoms. The summed E-state index contributed by atoms with van der Waals surface area (Å²) in [5.74, 6) is -4.52. The minimum absolute atomic E-state index is 0.103. The molecule has 2 aliphatic carbocycles. The van der Waals surface area contributed by atoms with Gasteiger partial charge in [0.1, 0.15) is 23.0 Å². The summed E-state index contributed by atoms with van der Waals surface area (Å²) in [6.07, 6.45) is -0.978. The second-order valence-electron chi connectivity index (χ2n) is 10.9. The lowest BCUT2D eigenvalue weighted by Gasteiger charge is -2.43. The van der Waals surface area contributed by atoms with Crippen LogP contribution in [0.4, 0.5) is 0 Å². The topological polar surface area (TPSA) is 135 Å². The van der Waals surface area contributed by atoms with Crippen LogP contribution in [0.3, 0.4) is 0 Å². The largest absolute Gasteiger partial charge is 0.646 e. The molecule has 11 heteroatoms. The number of esters is 2. The smallest absolute Gasteiger partial charge is 0.427 e. The summed E-state index contributed by atoms with van der Waals surface area (Å²) in [5.41, 5.74) is -0.989. The first-order chi connectivity index (χ1) is 18.8. The summed E-state index contributed by atoms with van der Waals surface area (Å²) >= 11 is 0. The van der Waals surface area contributed by atoms with Crippen molar-refractivity contribution in [3.63, 3.8) is 0 Å². The van der Waals surface area contributed by atoms with Crippen LogP contribution in [0.15, 0.2) is 72.0 Å². The zero-order valence-corrected chi connectivity index (χ0v) is 23.8. The molecule has 0 aliphatic heterocycles. The van der Waals surface area contributed by atoms with Crippen molar-refractivity contribution in [2.75, 3.05) is 6.79 Å². The molecule has 1 fully saturated rings. The van der Waals surface area contributed by atoms with Gasteiger partial charge in [-0.3, -0.25) is 9.59 Å². The highest BCUT2D eigenvalue weighted by atomic mass is 31.2. The van der Waals surface area contributed by atoms with Gasteiger partial charge >= 0.3 is 19.8 Å². The number of fused-ring (bicyclic) bond motifs is 1. The van der Waals surface area contributed by atoms with Crippen molar-refractivity contribution in [2.45, 2.75) is 40.7 Å². The van der Waals surface area contributed by atoms with Crippen LogP contribution in [0, 0.1) is 29.1 Å². The predicted octanol–water partition coefficient (Wildman–Crippen LogP) is 5.08. The summed E-state index contributed by atoms with van der Waals surface area (Å²) in [4.78, 5) is 38.5. The Morgan fingerprint density at radius 3 is 1.93 bits per heavy atom. The Kier molecular flexibility index (Phi) is 8.42. The number of para-hydroxylation sites is 2. The van der Waals surface area contributed by atoms with E-state index in [-0.39, 0.29) is 28.6 Å². The summed E-state index contributed by atoms with van der Waals surface area (Å²) in [5, 5.41) is 10.3. The van der Waals surface area contributed by atoms with Gasteiger partial charge in [0.25, 0.3) is 0 Å². The van der Waals surface area contributed by atoms with E-state index in [1.54, 1.807) is 88.4 Å². The highest BCUT2D eigenvalue weighted by molar-refractivity contribution is 7.49. The van der Waals surface area contributed by atoms with Gasteiger partial charge in [0.05, 0.1) is 23.0 Å². The maximum Gasteiger partial charge on any atom is 0.646 e. The molecule has 0 saturated heterocycles. The number of rotatable bonds is 10. The number of Topliss-reactive ketones (excluding diaryl/α,β-unsaturated/α-hetero) is 1. The fraction of sp³-hybridized carbons (Fsp3) is 0.414. The molecule has 1 unspecified atom stereocenters. The van der Waals surface area contributed by atoms with E-state index >= 15 is 0 Å². The number of phosphoric ester groups is 1. The number of benzene rings is 2. The van der Waals surface area contributed by atoms with Gasteiger partial charge in [-0.15, -0.1) is 0 Å². The van der Waals surface area contributed by atoms with Crippen molar-refractivity contribution < 1.29 is 47.1 Å². The summed E-state index contributed by atoms with van der Waals surface area (Å²) < 4.78 is 41.7. The van der Waals surface area contributed by atoms with Crippen LogP contribution in [-0.2, 0) is 32.9 Å². The Morgan fingerprint density at radius 2 is 1.45 bits per heavy atom. The number of phosphoric acid groups is 1. The van der Waals surface area contributed by atoms with E-state index in [0.717, 1.165) is 0 Å². The lowest BCUT2D eigenvalue weighted by Crippen LogP contribution is -2.53. The van der Waals surface area contributed by atoms with E-state index in [4.69, 9.17) is 23.0 Å². The van der Waals surface area contributed by atoms with Gasteiger partial charge < -0.3 is 28.2 Å². The number of ketones is 1. The molecule has 0 spiro atoms. The molecule has 0 bridgehead atoms. The predicted molar refractivity (Wildman–Crippen MR) is 143 cm³/mol. The lowest BCUT2D eigenvalue weighted by molar-refractivity contribution is -0.172. The van der Waals surface area contributed by atoms with Crippen LogP contribution in [0.2, 0.25) is 0 Å². The highest BCUT2D eigenvalue weighted by Crippen LogP contribution is 2.61. The third-order valence-electron chi connectivity index (χ3n) is 6.87. The van der Waals surface area contributed by atoms with Crippen LogP contribution in [0.1, 0.15) is 34.6 Å². The van der Waals surface area contributed by atoms with Crippen molar-refractivity contribution >= 4 is 25.5 Å². The minimum Gasteiger partial charge on any atom is -0.427 e. The fourth-order valence-corrected chi connectivity index (χ4v) is 6.31. The summed E-state index contributed by atoms with van der Waals surface area (Å²) in [7, 11) is -4.50. The first-order valence-electron chi connectivity index (χ1n) is 12.9. The Labute approximate surface area is 232 Å². The normalized spacial score (nSPS) is 23.0. The Bertz CT molecular complexity index is 1280. The van der Waals surface area contributed by atoms with Gasteiger partial charge in [0, 0.05) is 11.8 Å². The van der Waals surface area contributed by atoms with E-state index in [9.17, 15) is 24.1 Å². The monoisotopic (exact) mass is 572 g/mol. The number of carbonyl (C=O) groups excluding carboxylic acids is 3. The van der Waals surface area contributed by atoms with Gasteiger partial charge in [-0.25, -0.2) is 4.79 Å². The average molecular weight is 573 g/mol. The maximum absolute atomic E-state index is 14.1. The van der Waals surface area contributed by atoms with Crippen molar-refractivity contribution in [1.29, 1.82) is 0 Å². The Morgan fingerprint density at radius 1 is 0.925 bits per heavy atom. The van der Waals surface area contributed by atoms with E-state index in [1.165, 1.54) is 6.92 Å². The third-order valence-corrected chi connectivity index (χ3v) is 8.15. The number of hydrogen-bond acceptors (Lipinski definition) is 10. The van der Waals surface area contributed by atoms with Crippen molar-refractivity contribution in [3.8, 4) is 11.5 Å². The molecule has 214 valence electrons. The molecule has 4 rings (SSSR count). The van der Waals surface area contributed by atoms with Gasteiger partial charge in [0.2, 0.25) is 6.79 Å². The number of ether oxygens (including phenoxy) is 2. The second kappa shape index (κ2) is 11.5. The highest BCUT2D eigenvalue weighted by Gasteiger charge is 2.63. The van der Waals surface area contributed by atoms with Gasteiger partial charge in [-0.1, -0.05) is 43.3 Å². The molecule has 0 amide bonds. The van der Waals surface area contributed by atoms with Crippen molar-refractivity contribution in [1.82, 2.24) is 0 Å². The molecule has 2 aliphatic rings. The molecular weight excluding hydrogens is 539 g/mol. The van der Waals surface area contributed by atoms with Crippen LogP contribution in [-0.4, -0.2) is 35.7 Å². The molecular formula is C29H33O10P. The number of aliphatic hydroxyl groups excluding tert-OH is 1. The molecule has 1 N–H and O–H groups in total. The lowest BCUT2D eigenvalue weighted by atomic mass is 9.59. The van der Waals surface area contributed by atoms with E-state index in [1.807, 2.05) is 0 Å². The van der Waals surface area contributed by atoms with E-state index in [0.29, 0.717) is 0 Å². The average Bonchev–Trinajstić information content (AvgIpc) is 3.11. The summed E-state index contributed by atoms with van der Waals surface area (Å²) in [6, 6.07) is 16.4. The third kappa shape index (κ3) is 6.08. The molecule has 0 radical (unpaired) electrons. The number of aliphatic hydroxyl groups is 1. The van der Waals surface area contributed by atoms with Crippen LogP contribution < -0.4 is 9.05 Å². The van der Waals surface area contributed by atoms with Crippen LogP contribution >= 0.6 is 7.82 Å². The van der Waals surface area contributed by atoms with Crippen LogP contribution in [0.25, 0.3) is 0 Å². The molecule has 5 atom stereocenters. The van der Waals surface area contributed by atoms with Crippen molar-refractivity contribution in [2.24, 2.45) is 29.1 Å². The number of allylic oxidation sites excluding steroid dienone is 1. The van der Waals surface area contributed by atoms with Gasteiger partial charge in [0.15, 0.2) is 0 Å². The maximum atomic E-state index is 14.1. The Hall–Kier alpha value is -3.62. The number of carbonyl (C=O) groups is 3. The van der Waals surface area contributed by atoms with Gasteiger partial charge in [-0.2, -0.15) is 4.57 Å². The molecule has 10 nitrogen and oxygen atoms in total. The van der Waals surface area contributed by atoms with E-state index in [2.05, 4.69) is 0 Å².